The van der Waals surface area contributed by atoms with Crippen LogP contribution in [-0.2, 0) is 17.9 Å². The number of furan rings is 1. The van der Waals surface area contributed by atoms with Crippen LogP contribution in [0.5, 0.6) is 0 Å². The van der Waals surface area contributed by atoms with Gasteiger partial charge in [0.2, 0.25) is 5.91 Å². The molecule has 1 atom stereocenters. The number of hydrogen-bond donors (Lipinski definition) is 1. The Labute approximate surface area is 127 Å². The SMILES string of the molecule is CCCC1CC(=O)N(Cc2ccc(CNC(C)(C)C)o2)C1. The smallest absolute Gasteiger partial charge is 0.223 e. The lowest BCUT2D eigenvalue weighted by Gasteiger charge is -2.19. The van der Waals surface area contributed by atoms with Gasteiger partial charge in [0.25, 0.3) is 0 Å². The maximum absolute atomic E-state index is 12.0. The number of nitrogens with one attached hydrogen (secondary N) is 1. The molecule has 4 nitrogen and oxygen atoms in total. The average Bonchev–Trinajstić information content (AvgIpc) is 2.95. The van der Waals surface area contributed by atoms with Crippen molar-refractivity contribution in [1.29, 1.82) is 0 Å². The summed E-state index contributed by atoms with van der Waals surface area (Å²) in [6.07, 6.45) is 2.99. The third kappa shape index (κ3) is 4.88. The quantitative estimate of drug-likeness (QED) is 0.875. The molecule has 1 aliphatic rings. The van der Waals surface area contributed by atoms with Crippen LogP contribution in [0.2, 0.25) is 0 Å². The molecule has 1 aromatic heterocycles. The predicted molar refractivity (Wildman–Crippen MR) is 83.7 cm³/mol. The summed E-state index contributed by atoms with van der Waals surface area (Å²) < 4.78 is 5.83. The van der Waals surface area contributed by atoms with Gasteiger partial charge in [0.1, 0.15) is 11.5 Å². The number of amides is 1. The fraction of sp³-hybridized carbons (Fsp3) is 0.706. The fourth-order valence-electron chi connectivity index (χ4n) is 2.75. The Balaban J connectivity index is 1.86. The highest BCUT2D eigenvalue weighted by Gasteiger charge is 2.29. The fourth-order valence-corrected chi connectivity index (χ4v) is 2.75. The second-order valence-corrected chi connectivity index (χ2v) is 7.10. The molecule has 1 N–H and O–H groups in total. The monoisotopic (exact) mass is 292 g/mol. The first-order valence-electron chi connectivity index (χ1n) is 7.98. The second-order valence-electron chi connectivity index (χ2n) is 7.10. The van der Waals surface area contributed by atoms with E-state index >= 15 is 0 Å². The zero-order valence-corrected chi connectivity index (χ0v) is 13.7. The predicted octanol–water partition coefficient (Wildman–Crippen LogP) is 3.32. The zero-order chi connectivity index (χ0) is 15.5. The molecule has 2 heterocycles. The van der Waals surface area contributed by atoms with Crippen molar-refractivity contribution in [1.82, 2.24) is 10.2 Å². The molecule has 21 heavy (non-hydrogen) atoms. The third-order valence-corrected chi connectivity index (χ3v) is 3.85. The summed E-state index contributed by atoms with van der Waals surface area (Å²) in [6, 6.07) is 3.98. The van der Waals surface area contributed by atoms with Crippen LogP contribution in [0.1, 0.15) is 58.5 Å². The molecule has 1 aromatic rings. The van der Waals surface area contributed by atoms with E-state index in [1.54, 1.807) is 0 Å². The van der Waals surface area contributed by atoms with Gasteiger partial charge in [-0.25, -0.2) is 0 Å². The number of hydrogen-bond acceptors (Lipinski definition) is 3. The zero-order valence-electron chi connectivity index (χ0n) is 13.7. The van der Waals surface area contributed by atoms with Crippen molar-refractivity contribution in [2.24, 2.45) is 5.92 Å². The first-order chi connectivity index (χ1) is 9.87. The van der Waals surface area contributed by atoms with Gasteiger partial charge in [0, 0.05) is 18.5 Å². The molecular weight excluding hydrogens is 264 g/mol. The average molecular weight is 292 g/mol. The lowest BCUT2D eigenvalue weighted by Crippen LogP contribution is -2.34. The highest BCUT2D eigenvalue weighted by molar-refractivity contribution is 5.78. The molecule has 0 aromatic carbocycles. The van der Waals surface area contributed by atoms with Crippen LogP contribution in [0.4, 0.5) is 0 Å². The van der Waals surface area contributed by atoms with E-state index in [1.807, 2.05) is 17.0 Å². The maximum Gasteiger partial charge on any atom is 0.223 e. The van der Waals surface area contributed by atoms with E-state index in [4.69, 9.17) is 4.42 Å². The molecule has 118 valence electrons. The molecule has 1 saturated heterocycles. The van der Waals surface area contributed by atoms with Gasteiger partial charge in [-0.2, -0.15) is 0 Å². The number of carbonyl (C=O) groups is 1. The van der Waals surface area contributed by atoms with Gasteiger partial charge < -0.3 is 14.6 Å². The Hall–Kier alpha value is -1.29. The van der Waals surface area contributed by atoms with Crippen molar-refractivity contribution in [2.45, 2.75) is 65.6 Å². The van der Waals surface area contributed by atoms with E-state index in [-0.39, 0.29) is 11.4 Å². The summed E-state index contributed by atoms with van der Waals surface area (Å²) in [7, 11) is 0. The number of carbonyl (C=O) groups excluding carboxylic acids is 1. The standard InChI is InChI=1S/C17H28N2O2/c1-5-6-13-9-16(20)19(11-13)12-15-8-7-14(21-15)10-18-17(2,3)4/h7-8,13,18H,5-6,9-12H2,1-4H3. The molecule has 0 spiro atoms. The van der Waals surface area contributed by atoms with Crippen LogP contribution in [-0.4, -0.2) is 22.9 Å². The minimum absolute atomic E-state index is 0.0746. The van der Waals surface area contributed by atoms with Crippen LogP contribution in [0.3, 0.4) is 0 Å². The van der Waals surface area contributed by atoms with Crippen LogP contribution >= 0.6 is 0 Å². The number of likely N-dealkylation sites (tertiary alicyclic amines) is 1. The summed E-state index contributed by atoms with van der Waals surface area (Å²) >= 11 is 0. The van der Waals surface area contributed by atoms with E-state index in [0.29, 0.717) is 18.9 Å². The Kier molecular flexibility index (Phi) is 5.09. The molecule has 0 bridgehead atoms. The third-order valence-electron chi connectivity index (χ3n) is 3.85. The number of nitrogens with zero attached hydrogens (tertiary/aromatic N) is 1. The van der Waals surface area contributed by atoms with Crippen LogP contribution in [0.15, 0.2) is 16.5 Å². The molecule has 4 heteroatoms. The Morgan fingerprint density at radius 1 is 1.33 bits per heavy atom. The van der Waals surface area contributed by atoms with Crippen LogP contribution in [0.25, 0.3) is 0 Å². The van der Waals surface area contributed by atoms with Crippen molar-refractivity contribution in [3.8, 4) is 0 Å². The summed E-state index contributed by atoms with van der Waals surface area (Å²) in [6.45, 7) is 10.8. The van der Waals surface area contributed by atoms with Crippen molar-refractivity contribution < 1.29 is 9.21 Å². The van der Waals surface area contributed by atoms with Gasteiger partial charge in [-0.15, -0.1) is 0 Å². The van der Waals surface area contributed by atoms with Crippen LogP contribution in [0, 0.1) is 5.92 Å². The molecule has 1 amide bonds. The highest BCUT2D eigenvalue weighted by atomic mass is 16.3. The minimum Gasteiger partial charge on any atom is -0.463 e. The largest absolute Gasteiger partial charge is 0.463 e. The summed E-state index contributed by atoms with van der Waals surface area (Å²) in [5, 5.41) is 3.40. The van der Waals surface area contributed by atoms with E-state index in [1.165, 1.54) is 0 Å². The van der Waals surface area contributed by atoms with Crippen molar-refractivity contribution in [2.75, 3.05) is 6.54 Å². The Morgan fingerprint density at radius 2 is 2.05 bits per heavy atom. The molecule has 0 radical (unpaired) electrons. The molecule has 1 unspecified atom stereocenters. The molecule has 0 aliphatic carbocycles. The van der Waals surface area contributed by atoms with E-state index in [2.05, 4.69) is 33.0 Å². The summed E-state index contributed by atoms with van der Waals surface area (Å²) in [4.78, 5) is 13.9. The van der Waals surface area contributed by atoms with E-state index < -0.39 is 0 Å². The second kappa shape index (κ2) is 6.65. The summed E-state index contributed by atoms with van der Waals surface area (Å²) in [5.41, 5.74) is 0.0746. The van der Waals surface area contributed by atoms with Gasteiger partial charge >= 0.3 is 0 Å². The lowest BCUT2D eigenvalue weighted by atomic mass is 10.0. The molecule has 2 rings (SSSR count). The van der Waals surface area contributed by atoms with Crippen molar-refractivity contribution in [3.63, 3.8) is 0 Å². The van der Waals surface area contributed by atoms with Gasteiger partial charge in [-0.1, -0.05) is 13.3 Å². The topological polar surface area (TPSA) is 45.5 Å². The van der Waals surface area contributed by atoms with Crippen molar-refractivity contribution >= 4 is 5.91 Å². The molecular formula is C17H28N2O2. The van der Waals surface area contributed by atoms with Gasteiger partial charge in [-0.05, 0) is 45.2 Å². The van der Waals surface area contributed by atoms with Crippen LogP contribution < -0.4 is 5.32 Å². The Bertz CT molecular complexity index is 473. The minimum atomic E-state index is 0.0746. The van der Waals surface area contributed by atoms with Gasteiger partial charge in [0.15, 0.2) is 0 Å². The molecule has 0 saturated carbocycles. The molecule has 1 aliphatic heterocycles. The lowest BCUT2D eigenvalue weighted by molar-refractivity contribution is -0.128. The number of rotatable bonds is 6. The normalized spacial score (nSPS) is 19.5. The van der Waals surface area contributed by atoms with Gasteiger partial charge in [-0.3, -0.25) is 4.79 Å². The van der Waals surface area contributed by atoms with E-state index in [9.17, 15) is 4.79 Å². The van der Waals surface area contributed by atoms with Crippen molar-refractivity contribution in [3.05, 3.63) is 23.7 Å². The first kappa shape index (κ1) is 16.1. The highest BCUT2D eigenvalue weighted by Crippen LogP contribution is 2.24. The maximum atomic E-state index is 12.0. The summed E-state index contributed by atoms with van der Waals surface area (Å²) in [5.74, 6) is 2.60. The van der Waals surface area contributed by atoms with Gasteiger partial charge in [0.05, 0.1) is 13.1 Å². The molecule has 1 fully saturated rings. The van der Waals surface area contributed by atoms with E-state index in [0.717, 1.165) is 37.5 Å². The first-order valence-corrected chi connectivity index (χ1v) is 7.98. The Morgan fingerprint density at radius 3 is 2.71 bits per heavy atom.